The highest BCUT2D eigenvalue weighted by atomic mass is 16.5. The molecule has 0 spiro atoms. The van der Waals surface area contributed by atoms with E-state index in [-0.39, 0.29) is 0 Å². The number of aliphatic carboxylic acids is 1. The third kappa shape index (κ3) is 3.46. The quantitative estimate of drug-likeness (QED) is 0.715. The van der Waals surface area contributed by atoms with Gasteiger partial charge in [-0.3, -0.25) is 9.48 Å². The Kier molecular flexibility index (Phi) is 4.81. The Balaban J connectivity index is 1.99. The number of ether oxygens (including phenoxy) is 1. The summed E-state index contributed by atoms with van der Waals surface area (Å²) in [7, 11) is 3.28. The van der Waals surface area contributed by atoms with Gasteiger partial charge in [0.05, 0.1) is 23.8 Å². The zero-order valence-electron chi connectivity index (χ0n) is 15.5. The van der Waals surface area contributed by atoms with E-state index in [2.05, 4.69) is 15.4 Å². The molecule has 140 valence electrons. The molecule has 27 heavy (non-hydrogen) atoms. The minimum atomic E-state index is -1.19. The van der Waals surface area contributed by atoms with Crippen molar-refractivity contribution in [3.63, 3.8) is 0 Å². The van der Waals surface area contributed by atoms with Crippen LogP contribution in [0.3, 0.4) is 0 Å². The highest BCUT2D eigenvalue weighted by Gasteiger charge is 2.25. The van der Waals surface area contributed by atoms with Gasteiger partial charge in [0.1, 0.15) is 5.75 Å². The maximum absolute atomic E-state index is 12.9. The van der Waals surface area contributed by atoms with Crippen LogP contribution in [0, 0.1) is 13.8 Å². The smallest absolute Gasteiger partial charge is 0.330 e. The number of carbonyl (C=O) groups excluding carboxylic acids is 1. The van der Waals surface area contributed by atoms with Crippen LogP contribution in [0.1, 0.15) is 33.4 Å². The molecule has 0 aliphatic rings. The van der Waals surface area contributed by atoms with E-state index in [0.717, 1.165) is 0 Å². The van der Waals surface area contributed by atoms with E-state index in [4.69, 9.17) is 4.74 Å². The van der Waals surface area contributed by atoms with Gasteiger partial charge in [0.2, 0.25) is 0 Å². The summed E-state index contributed by atoms with van der Waals surface area (Å²) in [5, 5.41) is 17.1. The van der Waals surface area contributed by atoms with Crippen molar-refractivity contribution in [2.45, 2.75) is 19.9 Å². The number of aromatic nitrogens is 3. The molecule has 0 saturated heterocycles. The van der Waals surface area contributed by atoms with Crippen LogP contribution in [0.4, 0.5) is 0 Å². The summed E-state index contributed by atoms with van der Waals surface area (Å²) in [6.07, 6.45) is 0. The van der Waals surface area contributed by atoms with Gasteiger partial charge in [0, 0.05) is 12.7 Å². The number of carbonyl (C=O) groups is 2. The number of nitrogens with one attached hydrogen (secondary N) is 1. The molecule has 2 N–H and O–H groups in total. The van der Waals surface area contributed by atoms with E-state index in [0.29, 0.717) is 39.3 Å². The summed E-state index contributed by atoms with van der Waals surface area (Å²) in [6, 6.07) is 6.97. The third-order valence-electron chi connectivity index (χ3n) is 4.31. The average molecular weight is 368 g/mol. The zero-order valence-corrected chi connectivity index (χ0v) is 15.5. The predicted octanol–water partition coefficient (Wildman–Crippen LogP) is 2.15. The Morgan fingerprint density at radius 1 is 1.22 bits per heavy atom. The molecule has 0 fully saturated rings. The van der Waals surface area contributed by atoms with Crippen molar-refractivity contribution >= 4 is 22.9 Å². The molecule has 3 rings (SSSR count). The Labute approximate surface area is 155 Å². The van der Waals surface area contributed by atoms with E-state index < -0.39 is 17.9 Å². The largest absolute Gasteiger partial charge is 0.497 e. The number of amides is 1. The number of fused-ring (bicyclic) bond motifs is 1. The van der Waals surface area contributed by atoms with Gasteiger partial charge < -0.3 is 15.2 Å². The Morgan fingerprint density at radius 2 is 1.89 bits per heavy atom. The fourth-order valence-corrected chi connectivity index (χ4v) is 3.04. The van der Waals surface area contributed by atoms with Crippen LogP contribution in [0.2, 0.25) is 0 Å². The van der Waals surface area contributed by atoms with Crippen LogP contribution in [0.15, 0.2) is 30.3 Å². The number of nitrogens with zero attached hydrogens (tertiary/aromatic N) is 3. The van der Waals surface area contributed by atoms with Crippen molar-refractivity contribution in [3.8, 4) is 5.75 Å². The molecular weight excluding hydrogens is 348 g/mol. The first-order valence-electron chi connectivity index (χ1n) is 8.30. The number of methoxy groups -OCH3 is 1. The van der Waals surface area contributed by atoms with E-state index in [1.165, 1.54) is 7.11 Å². The van der Waals surface area contributed by atoms with Crippen LogP contribution in [-0.2, 0) is 11.8 Å². The highest BCUT2D eigenvalue weighted by Crippen LogP contribution is 2.23. The number of carboxylic acid groups (broad SMARTS) is 1. The first-order valence-corrected chi connectivity index (χ1v) is 8.30. The van der Waals surface area contributed by atoms with Gasteiger partial charge in [-0.05, 0) is 37.6 Å². The van der Waals surface area contributed by atoms with Crippen molar-refractivity contribution < 1.29 is 19.4 Å². The van der Waals surface area contributed by atoms with E-state index in [9.17, 15) is 14.7 Å². The first-order chi connectivity index (χ1) is 12.8. The van der Waals surface area contributed by atoms with Crippen LogP contribution in [0.5, 0.6) is 5.75 Å². The molecule has 1 atom stereocenters. The van der Waals surface area contributed by atoms with Gasteiger partial charge in [0.25, 0.3) is 5.91 Å². The molecule has 0 radical (unpaired) electrons. The monoisotopic (exact) mass is 368 g/mol. The molecule has 0 aliphatic carbocycles. The maximum Gasteiger partial charge on any atom is 0.330 e. The Hall–Kier alpha value is -3.42. The molecule has 0 aliphatic heterocycles. The number of hydrogen-bond donors (Lipinski definition) is 2. The molecule has 0 bridgehead atoms. The number of benzene rings is 1. The van der Waals surface area contributed by atoms with Gasteiger partial charge in [-0.1, -0.05) is 12.1 Å². The lowest BCUT2D eigenvalue weighted by molar-refractivity contribution is -0.139. The molecule has 3 aromatic rings. The summed E-state index contributed by atoms with van der Waals surface area (Å²) < 4.78 is 6.69. The highest BCUT2D eigenvalue weighted by molar-refractivity contribution is 6.07. The minimum absolute atomic E-state index is 0.350. The molecule has 1 aromatic carbocycles. The van der Waals surface area contributed by atoms with Crippen molar-refractivity contribution in [3.05, 3.63) is 52.8 Å². The second-order valence-electron chi connectivity index (χ2n) is 6.24. The fraction of sp³-hybridized carbons (Fsp3) is 0.263. The van der Waals surface area contributed by atoms with Gasteiger partial charge in [0.15, 0.2) is 11.7 Å². The van der Waals surface area contributed by atoms with Crippen molar-refractivity contribution in [2.75, 3.05) is 7.11 Å². The summed E-state index contributed by atoms with van der Waals surface area (Å²) in [5.74, 6) is -1.05. The summed E-state index contributed by atoms with van der Waals surface area (Å²) in [6.45, 7) is 3.56. The van der Waals surface area contributed by atoms with Crippen LogP contribution < -0.4 is 10.1 Å². The lowest BCUT2D eigenvalue weighted by Crippen LogP contribution is -2.34. The Morgan fingerprint density at radius 3 is 2.48 bits per heavy atom. The number of carboxylic acids is 1. The first kappa shape index (κ1) is 18.4. The molecule has 2 heterocycles. The molecular formula is C19H20N4O4. The molecule has 8 heteroatoms. The standard InChI is InChI=1S/C19H20N4O4/c1-10-9-14(15-11(2)22-23(3)17(15)20-10)18(24)21-16(19(25)26)12-5-7-13(27-4)8-6-12/h5-9,16H,1-4H3,(H,21,24)(H,25,26). The second-order valence-corrected chi connectivity index (χ2v) is 6.24. The summed E-state index contributed by atoms with van der Waals surface area (Å²) in [4.78, 5) is 29.1. The van der Waals surface area contributed by atoms with Crippen LogP contribution in [0.25, 0.3) is 11.0 Å². The van der Waals surface area contributed by atoms with E-state index >= 15 is 0 Å². The Bertz CT molecular complexity index is 1020. The molecule has 0 saturated carbocycles. The topological polar surface area (TPSA) is 106 Å². The maximum atomic E-state index is 12.9. The fourth-order valence-electron chi connectivity index (χ4n) is 3.04. The SMILES string of the molecule is COc1ccc(C(NC(=O)c2cc(C)nc3c2c(C)nn3C)C(=O)O)cc1. The summed E-state index contributed by atoms with van der Waals surface area (Å²) in [5.41, 5.74) is 2.67. The zero-order chi connectivity index (χ0) is 19.7. The van der Waals surface area contributed by atoms with Crippen molar-refractivity contribution in [1.82, 2.24) is 20.1 Å². The van der Waals surface area contributed by atoms with Gasteiger partial charge >= 0.3 is 5.97 Å². The predicted molar refractivity (Wildman–Crippen MR) is 98.8 cm³/mol. The molecule has 8 nitrogen and oxygen atoms in total. The summed E-state index contributed by atoms with van der Waals surface area (Å²) >= 11 is 0. The average Bonchev–Trinajstić information content (AvgIpc) is 2.92. The molecule has 1 unspecified atom stereocenters. The number of hydrogen-bond acceptors (Lipinski definition) is 5. The lowest BCUT2D eigenvalue weighted by atomic mass is 10.0. The van der Waals surface area contributed by atoms with Gasteiger partial charge in [-0.15, -0.1) is 0 Å². The van der Waals surface area contributed by atoms with E-state index in [1.54, 1.807) is 55.9 Å². The van der Waals surface area contributed by atoms with Crippen LogP contribution >= 0.6 is 0 Å². The number of pyridine rings is 1. The van der Waals surface area contributed by atoms with Crippen molar-refractivity contribution in [1.29, 1.82) is 0 Å². The third-order valence-corrected chi connectivity index (χ3v) is 4.31. The second kappa shape index (κ2) is 7.06. The molecule has 2 aromatic heterocycles. The van der Waals surface area contributed by atoms with Gasteiger partial charge in [-0.2, -0.15) is 5.10 Å². The number of aryl methyl sites for hydroxylation is 3. The van der Waals surface area contributed by atoms with Gasteiger partial charge in [-0.25, -0.2) is 9.78 Å². The van der Waals surface area contributed by atoms with E-state index in [1.807, 2.05) is 0 Å². The molecule has 1 amide bonds. The lowest BCUT2D eigenvalue weighted by Gasteiger charge is -2.16. The normalized spacial score (nSPS) is 12.0. The minimum Gasteiger partial charge on any atom is -0.497 e. The van der Waals surface area contributed by atoms with Crippen LogP contribution in [-0.4, -0.2) is 38.9 Å². The van der Waals surface area contributed by atoms with Crippen molar-refractivity contribution in [2.24, 2.45) is 7.05 Å². The number of rotatable bonds is 5.